The first-order valence-corrected chi connectivity index (χ1v) is 6.94. The minimum absolute atomic E-state index is 0.444. The van der Waals surface area contributed by atoms with Gasteiger partial charge in [0.25, 0.3) is 0 Å². The number of anilines is 1. The maximum absolute atomic E-state index is 6.08. The second kappa shape index (κ2) is 5.07. The number of aromatic nitrogens is 1. The summed E-state index contributed by atoms with van der Waals surface area (Å²) in [5, 5.41) is 1.28. The van der Waals surface area contributed by atoms with Gasteiger partial charge in [-0.3, -0.25) is 0 Å². The van der Waals surface area contributed by atoms with E-state index >= 15 is 0 Å². The third-order valence-electron chi connectivity index (χ3n) is 2.73. The van der Waals surface area contributed by atoms with E-state index in [4.69, 9.17) is 22.1 Å². The van der Waals surface area contributed by atoms with Gasteiger partial charge in [0.2, 0.25) is 0 Å². The van der Waals surface area contributed by atoms with Crippen LogP contribution in [0.2, 0.25) is 5.02 Å². The molecule has 3 aromatic rings. The molecule has 0 atom stereocenters. The highest BCUT2D eigenvalue weighted by atomic mass is 35.5. The Morgan fingerprint density at radius 1 is 1.21 bits per heavy atom. The van der Waals surface area contributed by atoms with Crippen molar-refractivity contribution in [2.24, 2.45) is 0 Å². The molecule has 0 saturated heterocycles. The molecule has 0 unspecified atom stereocenters. The summed E-state index contributed by atoms with van der Waals surface area (Å²) in [6.07, 6.45) is 0. The van der Waals surface area contributed by atoms with Gasteiger partial charge in [0.15, 0.2) is 5.13 Å². The lowest BCUT2D eigenvalue weighted by Gasteiger charge is -2.07. The van der Waals surface area contributed by atoms with E-state index in [0.29, 0.717) is 16.8 Å². The summed E-state index contributed by atoms with van der Waals surface area (Å²) in [7, 11) is 0. The van der Waals surface area contributed by atoms with Gasteiger partial charge in [-0.2, -0.15) is 0 Å². The minimum atomic E-state index is 0.444. The second-order valence-electron chi connectivity index (χ2n) is 4.06. The van der Waals surface area contributed by atoms with Gasteiger partial charge in [0.05, 0.1) is 10.2 Å². The van der Waals surface area contributed by atoms with Crippen molar-refractivity contribution >= 4 is 38.3 Å². The summed E-state index contributed by atoms with van der Waals surface area (Å²) in [5.74, 6) is 0.788. The van der Waals surface area contributed by atoms with Crippen molar-refractivity contribution in [1.29, 1.82) is 0 Å². The topological polar surface area (TPSA) is 48.1 Å². The van der Waals surface area contributed by atoms with E-state index in [1.54, 1.807) is 0 Å². The number of hydrogen-bond donors (Lipinski definition) is 1. The molecule has 19 heavy (non-hydrogen) atoms. The summed E-state index contributed by atoms with van der Waals surface area (Å²) < 4.78 is 6.77. The van der Waals surface area contributed by atoms with Gasteiger partial charge in [-0.25, -0.2) is 4.98 Å². The normalized spacial score (nSPS) is 10.8. The molecule has 5 heteroatoms. The first-order valence-electron chi connectivity index (χ1n) is 5.74. The van der Waals surface area contributed by atoms with Crippen LogP contribution in [0.4, 0.5) is 5.13 Å². The van der Waals surface area contributed by atoms with Crippen molar-refractivity contribution < 1.29 is 4.74 Å². The molecule has 2 N–H and O–H groups in total. The smallest absolute Gasteiger partial charge is 0.181 e. The van der Waals surface area contributed by atoms with E-state index in [-0.39, 0.29) is 0 Å². The summed E-state index contributed by atoms with van der Waals surface area (Å²) in [6, 6.07) is 13.4. The van der Waals surface area contributed by atoms with Crippen LogP contribution in [0.25, 0.3) is 10.2 Å². The molecule has 0 bridgehead atoms. The van der Waals surface area contributed by atoms with E-state index in [2.05, 4.69) is 4.98 Å². The zero-order chi connectivity index (χ0) is 13.2. The SMILES string of the molecule is Nc1nc2ccc(OCc3ccccc3Cl)cc2s1. The molecule has 3 nitrogen and oxygen atoms in total. The molecule has 3 rings (SSSR count). The first-order chi connectivity index (χ1) is 9.22. The number of rotatable bonds is 3. The Bertz CT molecular complexity index is 726. The quantitative estimate of drug-likeness (QED) is 0.789. The lowest BCUT2D eigenvalue weighted by molar-refractivity contribution is 0.307. The van der Waals surface area contributed by atoms with E-state index in [1.807, 2.05) is 42.5 Å². The zero-order valence-electron chi connectivity index (χ0n) is 9.97. The fourth-order valence-electron chi connectivity index (χ4n) is 1.79. The number of benzene rings is 2. The number of nitrogens with zero attached hydrogens (tertiary/aromatic N) is 1. The molecule has 0 aliphatic heterocycles. The largest absolute Gasteiger partial charge is 0.489 e. The highest BCUT2D eigenvalue weighted by Crippen LogP contribution is 2.28. The predicted molar refractivity (Wildman–Crippen MR) is 79.8 cm³/mol. The fourth-order valence-corrected chi connectivity index (χ4v) is 2.74. The van der Waals surface area contributed by atoms with Crippen LogP contribution in [0.1, 0.15) is 5.56 Å². The Kier molecular flexibility index (Phi) is 3.27. The third kappa shape index (κ3) is 2.64. The summed E-state index contributed by atoms with van der Waals surface area (Å²) in [4.78, 5) is 4.21. The Hall–Kier alpha value is -1.78. The Labute approximate surface area is 119 Å². The van der Waals surface area contributed by atoms with Crippen molar-refractivity contribution in [1.82, 2.24) is 4.98 Å². The number of fused-ring (bicyclic) bond motifs is 1. The van der Waals surface area contributed by atoms with Crippen LogP contribution in [0.15, 0.2) is 42.5 Å². The molecule has 0 radical (unpaired) electrons. The van der Waals surface area contributed by atoms with Crippen LogP contribution in [0.3, 0.4) is 0 Å². The van der Waals surface area contributed by atoms with Gasteiger partial charge in [0.1, 0.15) is 12.4 Å². The summed E-state index contributed by atoms with van der Waals surface area (Å²) >= 11 is 7.54. The van der Waals surface area contributed by atoms with Crippen LogP contribution in [-0.2, 0) is 6.61 Å². The van der Waals surface area contributed by atoms with Crippen molar-refractivity contribution in [2.45, 2.75) is 6.61 Å². The van der Waals surface area contributed by atoms with E-state index in [9.17, 15) is 0 Å². The summed E-state index contributed by atoms with van der Waals surface area (Å²) in [5.41, 5.74) is 7.54. The van der Waals surface area contributed by atoms with Crippen LogP contribution < -0.4 is 10.5 Å². The first kappa shape index (κ1) is 12.3. The number of ether oxygens (including phenoxy) is 1. The number of nitrogen functional groups attached to an aromatic ring is 1. The molecule has 96 valence electrons. The second-order valence-corrected chi connectivity index (χ2v) is 5.53. The highest BCUT2D eigenvalue weighted by Gasteiger charge is 2.04. The monoisotopic (exact) mass is 290 g/mol. The Morgan fingerprint density at radius 2 is 2.05 bits per heavy atom. The number of halogens is 1. The zero-order valence-corrected chi connectivity index (χ0v) is 11.5. The minimum Gasteiger partial charge on any atom is -0.489 e. The van der Waals surface area contributed by atoms with E-state index in [0.717, 1.165) is 21.5 Å². The molecule has 0 aliphatic carbocycles. The lowest BCUT2D eigenvalue weighted by Crippen LogP contribution is -1.95. The lowest BCUT2D eigenvalue weighted by atomic mass is 10.2. The standard InChI is InChI=1S/C14H11ClN2OS/c15-11-4-2-1-3-9(11)8-18-10-5-6-12-13(7-10)19-14(16)17-12/h1-7H,8H2,(H2,16,17). The molecular formula is C14H11ClN2OS. The molecule has 1 heterocycles. The maximum Gasteiger partial charge on any atom is 0.181 e. The van der Waals surface area contributed by atoms with Crippen LogP contribution in [0.5, 0.6) is 5.75 Å². The summed E-state index contributed by atoms with van der Waals surface area (Å²) in [6.45, 7) is 0.444. The third-order valence-corrected chi connectivity index (χ3v) is 3.94. The van der Waals surface area contributed by atoms with Gasteiger partial charge >= 0.3 is 0 Å². The van der Waals surface area contributed by atoms with Gasteiger partial charge < -0.3 is 10.5 Å². The van der Waals surface area contributed by atoms with Gasteiger partial charge in [-0.1, -0.05) is 41.1 Å². The van der Waals surface area contributed by atoms with Crippen molar-refractivity contribution in [2.75, 3.05) is 5.73 Å². The predicted octanol–water partition coefficient (Wildman–Crippen LogP) is 4.11. The highest BCUT2D eigenvalue weighted by molar-refractivity contribution is 7.22. The van der Waals surface area contributed by atoms with Crippen LogP contribution in [-0.4, -0.2) is 4.98 Å². The Morgan fingerprint density at radius 3 is 2.89 bits per heavy atom. The van der Waals surface area contributed by atoms with Gasteiger partial charge in [0, 0.05) is 10.6 Å². The molecule has 0 saturated carbocycles. The van der Waals surface area contributed by atoms with Gasteiger partial charge in [-0.05, 0) is 24.3 Å². The molecule has 0 spiro atoms. The molecule has 2 aromatic carbocycles. The van der Waals surface area contributed by atoms with Crippen LogP contribution in [0, 0.1) is 0 Å². The Balaban J connectivity index is 1.80. The molecule has 0 fully saturated rings. The number of hydrogen-bond acceptors (Lipinski definition) is 4. The molecular weight excluding hydrogens is 280 g/mol. The van der Waals surface area contributed by atoms with Crippen molar-refractivity contribution in [3.8, 4) is 5.75 Å². The van der Waals surface area contributed by atoms with E-state index in [1.165, 1.54) is 11.3 Å². The molecule has 0 amide bonds. The van der Waals surface area contributed by atoms with Gasteiger partial charge in [-0.15, -0.1) is 0 Å². The average Bonchev–Trinajstić information content (AvgIpc) is 2.77. The van der Waals surface area contributed by atoms with Crippen molar-refractivity contribution in [3.05, 3.63) is 53.1 Å². The number of thiazole rings is 1. The average molecular weight is 291 g/mol. The maximum atomic E-state index is 6.08. The van der Waals surface area contributed by atoms with E-state index < -0.39 is 0 Å². The van der Waals surface area contributed by atoms with Crippen molar-refractivity contribution in [3.63, 3.8) is 0 Å². The van der Waals surface area contributed by atoms with Crippen LogP contribution >= 0.6 is 22.9 Å². The fraction of sp³-hybridized carbons (Fsp3) is 0.0714. The molecule has 0 aliphatic rings. The molecule has 1 aromatic heterocycles. The number of nitrogens with two attached hydrogens (primary N) is 1.